The molecule has 2 rings (SSSR count). The van der Waals surface area contributed by atoms with Crippen LogP contribution in [0.4, 0.5) is 0 Å². The quantitative estimate of drug-likeness (QED) is 0.810. The molecule has 6 nitrogen and oxygen atoms in total. The van der Waals surface area contributed by atoms with Crippen LogP contribution in [0.5, 0.6) is 0 Å². The number of piperidine rings is 1. The van der Waals surface area contributed by atoms with Crippen LogP contribution in [0.15, 0.2) is 17.2 Å². The molecule has 0 unspecified atom stereocenters. The second-order valence-electron chi connectivity index (χ2n) is 5.51. The average Bonchev–Trinajstić information content (AvgIpc) is 2.75. The molecule has 1 aromatic heterocycles. The Labute approximate surface area is 121 Å². The molecule has 1 fully saturated rings. The third-order valence-corrected chi connectivity index (χ3v) is 5.28. The number of nitrogens with one attached hydrogen (secondary N) is 2. The van der Waals surface area contributed by atoms with Crippen LogP contribution < -0.4 is 10.0 Å². The third kappa shape index (κ3) is 3.60. The number of rotatable bonds is 5. The Bertz CT molecular complexity index is 545. The molecule has 0 bridgehead atoms. The average molecular weight is 300 g/mol. The van der Waals surface area contributed by atoms with E-state index in [1.165, 1.54) is 0 Å². The molecule has 1 saturated heterocycles. The van der Waals surface area contributed by atoms with Crippen molar-refractivity contribution in [3.05, 3.63) is 18.0 Å². The zero-order chi connectivity index (χ0) is 14.8. The monoisotopic (exact) mass is 300 g/mol. The van der Waals surface area contributed by atoms with Crippen molar-refractivity contribution in [2.24, 2.45) is 7.05 Å². The summed E-state index contributed by atoms with van der Waals surface area (Å²) < 4.78 is 29.5. The van der Waals surface area contributed by atoms with Gasteiger partial charge < -0.3 is 14.8 Å². The van der Waals surface area contributed by atoms with E-state index in [1.54, 1.807) is 12.3 Å². The molecule has 2 N–H and O–H groups in total. The molecule has 114 valence electrons. The summed E-state index contributed by atoms with van der Waals surface area (Å²) in [5.74, 6) is 0. The van der Waals surface area contributed by atoms with Gasteiger partial charge in [0.05, 0.1) is 4.90 Å². The highest BCUT2D eigenvalue weighted by Gasteiger charge is 2.24. The maximum absolute atomic E-state index is 12.4. The van der Waals surface area contributed by atoms with Gasteiger partial charge in [0.2, 0.25) is 10.0 Å². The van der Waals surface area contributed by atoms with Crippen molar-refractivity contribution in [1.29, 1.82) is 0 Å². The van der Waals surface area contributed by atoms with E-state index < -0.39 is 10.0 Å². The van der Waals surface area contributed by atoms with Gasteiger partial charge in [-0.05, 0) is 46.1 Å². The van der Waals surface area contributed by atoms with Crippen LogP contribution in [0.3, 0.4) is 0 Å². The molecule has 0 saturated carbocycles. The van der Waals surface area contributed by atoms with Gasteiger partial charge in [-0.15, -0.1) is 0 Å². The molecular formula is C13H24N4O2S. The first-order chi connectivity index (χ1) is 9.42. The van der Waals surface area contributed by atoms with Gasteiger partial charge >= 0.3 is 0 Å². The summed E-state index contributed by atoms with van der Waals surface area (Å²) in [4.78, 5) is 2.57. The van der Waals surface area contributed by atoms with E-state index in [9.17, 15) is 8.42 Å². The molecule has 0 atom stereocenters. The lowest BCUT2D eigenvalue weighted by molar-refractivity contribution is 0.248. The zero-order valence-corrected chi connectivity index (χ0v) is 13.2. The number of sulfonamides is 1. The van der Waals surface area contributed by atoms with Gasteiger partial charge in [0.15, 0.2) is 0 Å². The van der Waals surface area contributed by atoms with Crippen molar-refractivity contribution in [2.45, 2.75) is 30.3 Å². The Morgan fingerprint density at radius 1 is 1.30 bits per heavy atom. The van der Waals surface area contributed by atoms with Crippen LogP contribution in [-0.4, -0.2) is 51.1 Å². The SMILES string of the molecule is CNCc1cc(S(=O)(=O)NC2CCN(C)CC2)cn1C. The Morgan fingerprint density at radius 2 is 1.95 bits per heavy atom. The number of aryl methyl sites for hydroxylation is 1. The van der Waals surface area contributed by atoms with Crippen LogP contribution in [0.25, 0.3) is 0 Å². The summed E-state index contributed by atoms with van der Waals surface area (Å²) in [6, 6.07) is 1.78. The van der Waals surface area contributed by atoms with E-state index in [0.29, 0.717) is 11.4 Å². The van der Waals surface area contributed by atoms with E-state index >= 15 is 0 Å². The van der Waals surface area contributed by atoms with E-state index in [2.05, 4.69) is 22.0 Å². The van der Waals surface area contributed by atoms with Crippen LogP contribution >= 0.6 is 0 Å². The lowest BCUT2D eigenvalue weighted by Crippen LogP contribution is -2.43. The summed E-state index contributed by atoms with van der Waals surface area (Å²) >= 11 is 0. The second-order valence-corrected chi connectivity index (χ2v) is 7.22. The van der Waals surface area contributed by atoms with Crippen molar-refractivity contribution in [3.8, 4) is 0 Å². The standard InChI is InChI=1S/C13H24N4O2S/c1-14-9-12-8-13(10-17(12)3)20(18,19)15-11-4-6-16(2)7-5-11/h8,10-11,14-15H,4-7,9H2,1-3H3. The van der Waals surface area contributed by atoms with Crippen molar-refractivity contribution in [3.63, 3.8) is 0 Å². The van der Waals surface area contributed by atoms with Gasteiger partial charge in [-0.3, -0.25) is 0 Å². The first-order valence-electron chi connectivity index (χ1n) is 6.93. The number of hydrogen-bond donors (Lipinski definition) is 2. The van der Waals surface area contributed by atoms with Crippen molar-refractivity contribution in [2.75, 3.05) is 27.2 Å². The predicted molar refractivity (Wildman–Crippen MR) is 79.0 cm³/mol. The minimum atomic E-state index is -3.41. The van der Waals surface area contributed by atoms with Gasteiger partial charge in [-0.25, -0.2) is 13.1 Å². The number of hydrogen-bond acceptors (Lipinski definition) is 4. The molecule has 0 aliphatic carbocycles. The molecular weight excluding hydrogens is 276 g/mol. The van der Waals surface area contributed by atoms with Crippen molar-refractivity contribution < 1.29 is 8.42 Å². The van der Waals surface area contributed by atoms with Crippen LogP contribution in [0, 0.1) is 0 Å². The third-order valence-electron chi connectivity index (χ3n) is 3.79. The zero-order valence-electron chi connectivity index (χ0n) is 12.4. The molecule has 0 radical (unpaired) electrons. The summed E-state index contributed by atoms with van der Waals surface area (Å²) in [6.07, 6.45) is 3.40. The maximum Gasteiger partial charge on any atom is 0.242 e. The predicted octanol–water partition coefficient (Wildman–Crippen LogP) is 0.117. The Morgan fingerprint density at radius 3 is 2.55 bits per heavy atom. The van der Waals surface area contributed by atoms with Gasteiger partial charge in [0.25, 0.3) is 0 Å². The van der Waals surface area contributed by atoms with Crippen LogP contribution in [-0.2, 0) is 23.6 Å². The van der Waals surface area contributed by atoms with Gasteiger partial charge in [0.1, 0.15) is 0 Å². The lowest BCUT2D eigenvalue weighted by Gasteiger charge is -2.29. The van der Waals surface area contributed by atoms with E-state index in [1.807, 2.05) is 18.7 Å². The van der Waals surface area contributed by atoms with E-state index in [4.69, 9.17) is 0 Å². The molecule has 20 heavy (non-hydrogen) atoms. The summed E-state index contributed by atoms with van der Waals surface area (Å²) in [7, 11) is 2.35. The fourth-order valence-corrected chi connectivity index (χ4v) is 3.89. The molecule has 1 aliphatic heterocycles. The molecule has 0 aromatic carbocycles. The minimum absolute atomic E-state index is 0.0455. The number of aromatic nitrogens is 1. The second kappa shape index (κ2) is 6.26. The molecule has 0 amide bonds. The normalized spacial score (nSPS) is 18.6. The minimum Gasteiger partial charge on any atom is -0.352 e. The largest absolute Gasteiger partial charge is 0.352 e. The van der Waals surface area contributed by atoms with Gasteiger partial charge in [-0.1, -0.05) is 0 Å². The number of nitrogens with zero attached hydrogens (tertiary/aromatic N) is 2. The summed E-state index contributed by atoms with van der Waals surface area (Å²) in [6.45, 7) is 2.53. The lowest BCUT2D eigenvalue weighted by atomic mass is 10.1. The van der Waals surface area contributed by atoms with Gasteiger partial charge in [-0.2, -0.15) is 0 Å². The smallest absolute Gasteiger partial charge is 0.242 e. The first-order valence-corrected chi connectivity index (χ1v) is 8.41. The fraction of sp³-hybridized carbons (Fsp3) is 0.692. The molecule has 7 heteroatoms. The van der Waals surface area contributed by atoms with Crippen molar-refractivity contribution >= 4 is 10.0 Å². The van der Waals surface area contributed by atoms with E-state index in [0.717, 1.165) is 31.6 Å². The van der Waals surface area contributed by atoms with Gasteiger partial charge in [0, 0.05) is 31.5 Å². The topological polar surface area (TPSA) is 66.4 Å². The number of likely N-dealkylation sites (tertiary alicyclic amines) is 1. The fourth-order valence-electron chi connectivity index (χ4n) is 2.49. The highest BCUT2D eigenvalue weighted by molar-refractivity contribution is 7.89. The summed E-state index contributed by atoms with van der Waals surface area (Å²) in [5.41, 5.74) is 0.955. The molecule has 0 spiro atoms. The molecule has 2 heterocycles. The van der Waals surface area contributed by atoms with Crippen LogP contribution in [0.2, 0.25) is 0 Å². The van der Waals surface area contributed by atoms with E-state index in [-0.39, 0.29) is 6.04 Å². The summed E-state index contributed by atoms with van der Waals surface area (Å²) in [5, 5.41) is 3.03. The first kappa shape index (κ1) is 15.5. The highest BCUT2D eigenvalue weighted by atomic mass is 32.2. The maximum atomic E-state index is 12.4. The molecule has 1 aromatic rings. The molecule has 1 aliphatic rings. The highest BCUT2D eigenvalue weighted by Crippen LogP contribution is 2.16. The van der Waals surface area contributed by atoms with Crippen LogP contribution in [0.1, 0.15) is 18.5 Å². The van der Waals surface area contributed by atoms with Crippen molar-refractivity contribution in [1.82, 2.24) is 19.5 Å². The Hall–Kier alpha value is -0.890. The Kier molecular flexibility index (Phi) is 4.85. The Balaban J connectivity index is 2.08.